The average molecular weight is 372 g/mol. The van der Waals surface area contributed by atoms with E-state index in [0.29, 0.717) is 27.4 Å². The number of carbonyl (C=O) groups is 3. The highest BCUT2D eigenvalue weighted by molar-refractivity contribution is 7.14. The fourth-order valence-corrected chi connectivity index (χ4v) is 2.90. The van der Waals surface area contributed by atoms with Gasteiger partial charge in [0, 0.05) is 11.1 Å². The lowest BCUT2D eigenvalue weighted by molar-refractivity contribution is -0.146. The molecule has 0 radical (unpaired) electrons. The van der Waals surface area contributed by atoms with Crippen molar-refractivity contribution in [3.05, 3.63) is 46.3 Å². The lowest BCUT2D eigenvalue weighted by Crippen LogP contribution is -2.21. The number of rotatable bonds is 7. The van der Waals surface area contributed by atoms with E-state index in [1.807, 2.05) is 6.07 Å². The summed E-state index contributed by atoms with van der Waals surface area (Å²) in [5.41, 5.74) is 1.30. The highest BCUT2D eigenvalue weighted by Gasteiger charge is 2.15. The van der Waals surface area contributed by atoms with Gasteiger partial charge in [-0.05, 0) is 36.6 Å². The molecule has 1 heterocycles. The van der Waals surface area contributed by atoms with Crippen molar-refractivity contribution < 1.29 is 23.9 Å². The minimum Gasteiger partial charge on any atom is -0.496 e. The summed E-state index contributed by atoms with van der Waals surface area (Å²) < 4.78 is 10.1. The Morgan fingerprint density at radius 3 is 2.69 bits per heavy atom. The normalized spacial score (nSPS) is 9.88. The number of nitriles is 1. The van der Waals surface area contributed by atoms with Crippen molar-refractivity contribution in [2.75, 3.05) is 19.0 Å². The third-order valence-electron chi connectivity index (χ3n) is 3.42. The Kier molecular flexibility index (Phi) is 6.47. The van der Waals surface area contributed by atoms with E-state index in [-0.39, 0.29) is 12.2 Å². The van der Waals surface area contributed by atoms with Crippen LogP contribution in [0.3, 0.4) is 0 Å². The lowest BCUT2D eigenvalue weighted by atomic mass is 10.0. The fraction of sp³-hybridized carbons (Fsp3) is 0.222. The molecule has 1 aromatic carbocycles. The Bertz CT molecular complexity index is 882. The van der Waals surface area contributed by atoms with Crippen molar-refractivity contribution in [2.45, 2.75) is 13.3 Å². The van der Waals surface area contributed by atoms with Gasteiger partial charge in [0.05, 0.1) is 19.1 Å². The SMILES string of the molecule is COc1ccc(C(C)=O)cc1CC(=O)OCC(=O)Nc1sccc1C#N. The highest BCUT2D eigenvalue weighted by atomic mass is 32.1. The average Bonchev–Trinajstić information content (AvgIpc) is 3.06. The zero-order valence-electron chi connectivity index (χ0n) is 14.2. The van der Waals surface area contributed by atoms with Crippen LogP contribution in [0, 0.1) is 11.3 Å². The van der Waals surface area contributed by atoms with E-state index in [1.165, 1.54) is 25.4 Å². The molecule has 2 rings (SSSR count). The van der Waals surface area contributed by atoms with Crippen molar-refractivity contribution in [1.82, 2.24) is 0 Å². The molecule has 0 atom stereocenters. The second kappa shape index (κ2) is 8.78. The summed E-state index contributed by atoms with van der Waals surface area (Å²) in [5.74, 6) is -0.855. The first-order valence-corrected chi connectivity index (χ1v) is 8.43. The Balaban J connectivity index is 1.94. The van der Waals surface area contributed by atoms with Crippen molar-refractivity contribution in [1.29, 1.82) is 5.26 Å². The first kappa shape index (κ1) is 19.1. The van der Waals surface area contributed by atoms with Crippen LogP contribution in [0.25, 0.3) is 0 Å². The Morgan fingerprint density at radius 2 is 2.04 bits per heavy atom. The molecular formula is C18H16N2O5S. The van der Waals surface area contributed by atoms with Crippen LogP contribution in [0.15, 0.2) is 29.6 Å². The lowest BCUT2D eigenvalue weighted by Gasteiger charge is -2.10. The second-order valence-corrected chi connectivity index (χ2v) is 6.16. The molecule has 7 nitrogen and oxygen atoms in total. The van der Waals surface area contributed by atoms with Crippen molar-refractivity contribution in [3.63, 3.8) is 0 Å². The van der Waals surface area contributed by atoms with E-state index in [0.717, 1.165) is 0 Å². The molecule has 0 unspecified atom stereocenters. The third-order valence-corrected chi connectivity index (χ3v) is 4.25. The smallest absolute Gasteiger partial charge is 0.310 e. The number of ketones is 1. The molecule has 134 valence electrons. The van der Waals surface area contributed by atoms with Gasteiger partial charge in [0.1, 0.15) is 16.8 Å². The van der Waals surface area contributed by atoms with Crippen LogP contribution < -0.4 is 10.1 Å². The third kappa shape index (κ3) is 4.91. The molecule has 0 fully saturated rings. The number of carbonyl (C=O) groups excluding carboxylic acids is 3. The molecule has 0 saturated heterocycles. The van der Waals surface area contributed by atoms with Gasteiger partial charge in [0.15, 0.2) is 12.4 Å². The summed E-state index contributed by atoms with van der Waals surface area (Å²) in [7, 11) is 1.46. The number of nitrogens with one attached hydrogen (secondary N) is 1. The number of esters is 1. The minimum atomic E-state index is -0.633. The largest absolute Gasteiger partial charge is 0.496 e. The molecule has 0 aliphatic rings. The van der Waals surface area contributed by atoms with Crippen LogP contribution >= 0.6 is 11.3 Å². The van der Waals surface area contributed by atoms with Crippen molar-refractivity contribution in [2.24, 2.45) is 0 Å². The van der Waals surface area contributed by atoms with Gasteiger partial charge in [-0.1, -0.05) is 0 Å². The number of anilines is 1. The first-order chi connectivity index (χ1) is 12.4. The number of hydrogen-bond acceptors (Lipinski definition) is 7. The molecule has 8 heteroatoms. The molecule has 0 bridgehead atoms. The minimum absolute atomic E-state index is 0.133. The monoisotopic (exact) mass is 372 g/mol. The van der Waals surface area contributed by atoms with Gasteiger partial charge in [-0.3, -0.25) is 14.4 Å². The van der Waals surface area contributed by atoms with Gasteiger partial charge in [-0.2, -0.15) is 5.26 Å². The van der Waals surface area contributed by atoms with E-state index < -0.39 is 18.5 Å². The zero-order chi connectivity index (χ0) is 19.1. The number of Topliss-reactive ketones (excluding diaryl/α,β-unsaturated/α-hetero) is 1. The van der Waals surface area contributed by atoms with Gasteiger partial charge in [-0.25, -0.2) is 0 Å². The molecule has 2 aromatic rings. The van der Waals surface area contributed by atoms with Gasteiger partial charge in [-0.15, -0.1) is 11.3 Å². The Morgan fingerprint density at radius 1 is 1.27 bits per heavy atom. The maximum Gasteiger partial charge on any atom is 0.310 e. The van der Waals surface area contributed by atoms with E-state index in [4.69, 9.17) is 14.7 Å². The van der Waals surface area contributed by atoms with Crippen LogP contribution in [0.5, 0.6) is 5.75 Å². The predicted molar refractivity (Wildman–Crippen MR) is 95.3 cm³/mol. The number of hydrogen-bond donors (Lipinski definition) is 1. The molecule has 0 aliphatic carbocycles. The quantitative estimate of drug-likeness (QED) is 0.591. The number of amides is 1. The summed E-state index contributed by atoms with van der Waals surface area (Å²) >= 11 is 1.21. The molecule has 1 N–H and O–H groups in total. The Hall–Kier alpha value is -3.18. The molecule has 0 spiro atoms. The molecule has 1 aromatic heterocycles. The zero-order valence-corrected chi connectivity index (χ0v) is 15.0. The maximum absolute atomic E-state index is 12.0. The van der Waals surface area contributed by atoms with Crippen LogP contribution in [0.4, 0.5) is 5.00 Å². The predicted octanol–water partition coefficient (Wildman–Crippen LogP) is 2.56. The molecule has 26 heavy (non-hydrogen) atoms. The molecular weight excluding hydrogens is 356 g/mol. The summed E-state index contributed by atoms with van der Waals surface area (Å²) in [4.78, 5) is 35.3. The highest BCUT2D eigenvalue weighted by Crippen LogP contribution is 2.22. The standard InChI is InChI=1S/C18H16N2O5S/c1-11(21)12-3-4-15(24-2)14(7-12)8-17(23)25-10-16(22)20-18-13(9-19)5-6-26-18/h3-7H,8,10H2,1-2H3,(H,20,22). The second-order valence-electron chi connectivity index (χ2n) is 5.24. The van der Waals surface area contributed by atoms with Crippen LogP contribution in [-0.2, 0) is 20.7 Å². The van der Waals surface area contributed by atoms with Crippen LogP contribution in [0.1, 0.15) is 28.4 Å². The summed E-state index contributed by atoms with van der Waals surface area (Å²) in [5, 5.41) is 13.5. The topological polar surface area (TPSA) is 105 Å². The molecule has 0 aliphatic heterocycles. The summed E-state index contributed by atoms with van der Waals surface area (Å²) in [6.45, 7) is 0.949. The number of benzene rings is 1. The van der Waals surface area contributed by atoms with Crippen LogP contribution in [-0.4, -0.2) is 31.4 Å². The number of ether oxygens (including phenoxy) is 2. The van der Waals surface area contributed by atoms with Gasteiger partial charge in [0.25, 0.3) is 5.91 Å². The van der Waals surface area contributed by atoms with E-state index >= 15 is 0 Å². The summed E-state index contributed by atoms with van der Waals surface area (Å²) in [6.07, 6.45) is -0.139. The van der Waals surface area contributed by atoms with E-state index in [1.54, 1.807) is 29.6 Å². The molecule has 1 amide bonds. The maximum atomic E-state index is 12.0. The Labute approximate surface area is 154 Å². The van der Waals surface area contributed by atoms with Gasteiger partial charge >= 0.3 is 5.97 Å². The van der Waals surface area contributed by atoms with Crippen molar-refractivity contribution in [3.8, 4) is 11.8 Å². The van der Waals surface area contributed by atoms with E-state index in [9.17, 15) is 14.4 Å². The number of thiophene rings is 1. The number of methoxy groups -OCH3 is 1. The van der Waals surface area contributed by atoms with Crippen molar-refractivity contribution >= 4 is 34.0 Å². The van der Waals surface area contributed by atoms with Gasteiger partial charge < -0.3 is 14.8 Å². The van der Waals surface area contributed by atoms with Crippen LogP contribution in [0.2, 0.25) is 0 Å². The van der Waals surface area contributed by atoms with E-state index in [2.05, 4.69) is 5.32 Å². The first-order valence-electron chi connectivity index (χ1n) is 7.55. The molecule has 0 saturated carbocycles. The summed E-state index contributed by atoms with van der Waals surface area (Å²) in [6, 6.07) is 8.31. The fourth-order valence-electron chi connectivity index (χ4n) is 2.15. The number of nitrogens with zero attached hydrogens (tertiary/aromatic N) is 1. The van der Waals surface area contributed by atoms with Gasteiger partial charge in [0.2, 0.25) is 0 Å².